The number of ether oxygens (including phenoxy) is 2. The Balaban J connectivity index is 1.68. The van der Waals surface area contributed by atoms with Gasteiger partial charge in [0.05, 0.1) is 20.3 Å². The van der Waals surface area contributed by atoms with Crippen molar-refractivity contribution in [3.8, 4) is 11.5 Å². The minimum absolute atomic E-state index is 0.00395. The van der Waals surface area contributed by atoms with Gasteiger partial charge >= 0.3 is 0 Å². The van der Waals surface area contributed by atoms with E-state index in [1.807, 2.05) is 25.1 Å². The predicted octanol–water partition coefficient (Wildman–Crippen LogP) is 3.97. The van der Waals surface area contributed by atoms with E-state index in [0.29, 0.717) is 6.61 Å². The molecule has 170 valence electrons. The van der Waals surface area contributed by atoms with E-state index in [2.05, 4.69) is 41.1 Å². The predicted molar refractivity (Wildman–Crippen MR) is 126 cm³/mol. The smallest absolute Gasteiger partial charge is 0.124 e. The van der Waals surface area contributed by atoms with Crippen molar-refractivity contribution in [2.24, 2.45) is 5.92 Å². The first-order chi connectivity index (χ1) is 15.1. The first-order valence-corrected chi connectivity index (χ1v) is 11.5. The number of aliphatic hydroxyl groups excluding tert-OH is 1. The monoisotopic (exact) mass is 426 g/mol. The van der Waals surface area contributed by atoms with E-state index in [1.165, 1.54) is 37.1 Å². The maximum Gasteiger partial charge on any atom is 0.124 e. The molecule has 0 spiro atoms. The van der Waals surface area contributed by atoms with Gasteiger partial charge in [-0.15, -0.1) is 0 Å². The second-order valence-electron chi connectivity index (χ2n) is 8.61. The summed E-state index contributed by atoms with van der Waals surface area (Å²) in [4.78, 5) is 5.01. The minimum atomic E-state index is 0.00395. The molecule has 0 atom stereocenters. The largest absolute Gasteiger partial charge is 0.497 e. The van der Waals surface area contributed by atoms with Crippen molar-refractivity contribution in [3.05, 3.63) is 59.2 Å². The average molecular weight is 427 g/mol. The van der Waals surface area contributed by atoms with Crippen LogP contribution in [0.4, 0.5) is 0 Å². The van der Waals surface area contributed by atoms with E-state index in [-0.39, 0.29) is 6.61 Å². The molecule has 2 aromatic rings. The van der Waals surface area contributed by atoms with Crippen LogP contribution in [0.2, 0.25) is 0 Å². The summed E-state index contributed by atoms with van der Waals surface area (Å²) in [5.74, 6) is 2.43. The van der Waals surface area contributed by atoms with E-state index < -0.39 is 0 Å². The van der Waals surface area contributed by atoms with Crippen LogP contribution in [0.3, 0.4) is 0 Å². The van der Waals surface area contributed by atoms with Crippen molar-refractivity contribution in [3.63, 3.8) is 0 Å². The molecule has 5 nitrogen and oxygen atoms in total. The molecule has 31 heavy (non-hydrogen) atoms. The Morgan fingerprint density at radius 3 is 2.42 bits per heavy atom. The molecule has 0 aliphatic carbocycles. The van der Waals surface area contributed by atoms with Gasteiger partial charge in [-0.3, -0.25) is 4.90 Å². The Labute approximate surface area is 187 Å². The molecule has 1 heterocycles. The molecule has 0 radical (unpaired) electrons. The van der Waals surface area contributed by atoms with Gasteiger partial charge in [-0.25, -0.2) is 0 Å². The molecule has 5 heteroatoms. The summed E-state index contributed by atoms with van der Waals surface area (Å²) >= 11 is 0. The van der Waals surface area contributed by atoms with Gasteiger partial charge in [-0.05, 0) is 87.6 Å². The van der Waals surface area contributed by atoms with Crippen LogP contribution in [0.1, 0.15) is 36.5 Å². The lowest BCUT2D eigenvalue weighted by atomic mass is 9.96. The maximum absolute atomic E-state index is 9.78. The number of methoxy groups -OCH3 is 1. The highest BCUT2D eigenvalue weighted by molar-refractivity contribution is 5.37. The van der Waals surface area contributed by atoms with Crippen molar-refractivity contribution in [1.82, 2.24) is 9.80 Å². The fourth-order valence-corrected chi connectivity index (χ4v) is 4.33. The summed E-state index contributed by atoms with van der Waals surface area (Å²) in [6.07, 6.45) is 3.54. The molecule has 0 bridgehead atoms. The molecule has 3 rings (SSSR count). The summed E-state index contributed by atoms with van der Waals surface area (Å²) in [5.41, 5.74) is 3.43. The Morgan fingerprint density at radius 2 is 1.77 bits per heavy atom. The number of hydrogen-bond donors (Lipinski definition) is 1. The first-order valence-electron chi connectivity index (χ1n) is 11.5. The molecular weight excluding hydrogens is 388 g/mol. The van der Waals surface area contributed by atoms with Crippen molar-refractivity contribution in [1.29, 1.82) is 0 Å². The highest BCUT2D eigenvalue weighted by atomic mass is 16.5. The topological polar surface area (TPSA) is 45.2 Å². The lowest BCUT2D eigenvalue weighted by Gasteiger charge is -2.33. The van der Waals surface area contributed by atoms with Crippen LogP contribution in [-0.4, -0.2) is 61.8 Å². The maximum atomic E-state index is 9.78. The van der Waals surface area contributed by atoms with E-state index in [0.717, 1.165) is 49.0 Å². The van der Waals surface area contributed by atoms with Crippen LogP contribution < -0.4 is 9.47 Å². The molecule has 1 aliphatic rings. The van der Waals surface area contributed by atoms with Crippen molar-refractivity contribution < 1.29 is 14.6 Å². The number of piperidine rings is 1. The van der Waals surface area contributed by atoms with E-state index >= 15 is 0 Å². The lowest BCUT2D eigenvalue weighted by Crippen LogP contribution is -2.37. The van der Waals surface area contributed by atoms with Gasteiger partial charge < -0.3 is 19.5 Å². The third-order valence-corrected chi connectivity index (χ3v) is 6.23. The Hall–Kier alpha value is -2.08. The van der Waals surface area contributed by atoms with Crippen LogP contribution in [0.15, 0.2) is 42.5 Å². The van der Waals surface area contributed by atoms with Crippen molar-refractivity contribution in [2.75, 3.05) is 46.9 Å². The fourth-order valence-electron chi connectivity index (χ4n) is 4.33. The van der Waals surface area contributed by atoms with Gasteiger partial charge in [-0.1, -0.05) is 18.2 Å². The molecule has 1 fully saturated rings. The Morgan fingerprint density at radius 1 is 1.06 bits per heavy atom. The molecule has 0 aromatic heterocycles. The molecular formula is C26H38N2O3. The third-order valence-electron chi connectivity index (χ3n) is 6.23. The second kappa shape index (κ2) is 12.1. The zero-order valence-corrected chi connectivity index (χ0v) is 19.3. The Kier molecular flexibility index (Phi) is 9.19. The summed E-state index contributed by atoms with van der Waals surface area (Å²) in [6.45, 7) is 7.98. The van der Waals surface area contributed by atoms with Crippen LogP contribution in [0.25, 0.3) is 0 Å². The van der Waals surface area contributed by atoms with Crippen molar-refractivity contribution >= 4 is 0 Å². The van der Waals surface area contributed by atoms with Crippen LogP contribution in [0, 0.1) is 5.92 Å². The van der Waals surface area contributed by atoms with E-state index in [4.69, 9.17) is 9.47 Å². The normalized spacial score (nSPS) is 15.4. The highest BCUT2D eigenvalue weighted by Crippen LogP contribution is 2.23. The minimum Gasteiger partial charge on any atom is -0.497 e. The van der Waals surface area contributed by atoms with E-state index in [1.54, 1.807) is 7.11 Å². The molecule has 0 saturated carbocycles. The second-order valence-corrected chi connectivity index (χ2v) is 8.61. The highest BCUT2D eigenvalue weighted by Gasteiger charge is 2.20. The molecule has 2 aromatic carbocycles. The molecule has 1 aliphatic heterocycles. The first kappa shape index (κ1) is 23.6. The average Bonchev–Trinajstić information content (AvgIpc) is 2.80. The number of aliphatic hydroxyl groups is 1. The van der Waals surface area contributed by atoms with Crippen LogP contribution >= 0.6 is 0 Å². The van der Waals surface area contributed by atoms with Crippen LogP contribution in [-0.2, 0) is 19.6 Å². The van der Waals surface area contributed by atoms with Gasteiger partial charge in [0.2, 0.25) is 0 Å². The van der Waals surface area contributed by atoms with Gasteiger partial charge in [0.25, 0.3) is 0 Å². The number of likely N-dealkylation sites (tertiary alicyclic amines) is 1. The van der Waals surface area contributed by atoms with Gasteiger partial charge in [-0.2, -0.15) is 0 Å². The Bertz CT molecular complexity index is 786. The third kappa shape index (κ3) is 7.23. The molecule has 1 N–H and O–H groups in total. The standard InChI is InChI=1S/C26H38N2O3/c1-4-31-26-10-7-23(17-24(26)20-29)19-28(18-22-11-14-27(2)15-12-22)16-13-21-5-8-25(30-3)9-6-21/h5-10,17,22,29H,4,11-16,18-20H2,1-3H3. The van der Waals surface area contributed by atoms with Gasteiger partial charge in [0.15, 0.2) is 0 Å². The number of hydrogen-bond acceptors (Lipinski definition) is 5. The lowest BCUT2D eigenvalue weighted by molar-refractivity contribution is 0.157. The van der Waals surface area contributed by atoms with Crippen LogP contribution in [0.5, 0.6) is 11.5 Å². The fraction of sp³-hybridized carbons (Fsp3) is 0.538. The van der Waals surface area contributed by atoms with Gasteiger partial charge in [0.1, 0.15) is 11.5 Å². The molecule has 0 amide bonds. The summed E-state index contributed by atoms with van der Waals surface area (Å²) in [7, 11) is 3.92. The zero-order valence-electron chi connectivity index (χ0n) is 19.3. The SMILES string of the molecule is CCOc1ccc(CN(CCc2ccc(OC)cc2)CC2CCN(C)CC2)cc1CO. The van der Waals surface area contributed by atoms with Crippen molar-refractivity contribution in [2.45, 2.75) is 39.3 Å². The zero-order chi connectivity index (χ0) is 22.1. The molecule has 0 unspecified atom stereocenters. The number of nitrogens with zero attached hydrogens (tertiary/aromatic N) is 2. The van der Waals surface area contributed by atoms with Gasteiger partial charge in [0, 0.05) is 25.2 Å². The summed E-state index contributed by atoms with van der Waals surface area (Å²) in [6, 6.07) is 14.6. The molecule has 1 saturated heterocycles. The summed E-state index contributed by atoms with van der Waals surface area (Å²) < 4.78 is 10.9. The number of benzene rings is 2. The quantitative estimate of drug-likeness (QED) is 0.589. The number of rotatable bonds is 11. The van der Waals surface area contributed by atoms with E-state index in [9.17, 15) is 5.11 Å². The summed E-state index contributed by atoms with van der Waals surface area (Å²) in [5, 5.41) is 9.78.